The molecular formula is C10H13NO. The first-order chi connectivity index (χ1) is 5.57. The molecule has 0 saturated carbocycles. The molecule has 64 valence electrons. The van der Waals surface area contributed by atoms with Gasteiger partial charge in [0.25, 0.3) is 0 Å². The summed E-state index contributed by atoms with van der Waals surface area (Å²) in [6.07, 6.45) is 0.952. The molecule has 1 aliphatic heterocycles. The van der Waals surface area contributed by atoms with E-state index in [4.69, 9.17) is 10.5 Å². The minimum absolute atomic E-state index is 0.0594. The number of benzene rings is 1. The van der Waals surface area contributed by atoms with E-state index in [9.17, 15) is 0 Å². The molecule has 0 spiro atoms. The van der Waals surface area contributed by atoms with Crippen LogP contribution in [0.25, 0.3) is 0 Å². The fourth-order valence-electron chi connectivity index (χ4n) is 1.63. The van der Waals surface area contributed by atoms with E-state index in [1.807, 2.05) is 18.2 Å². The second-order valence-electron chi connectivity index (χ2n) is 3.91. The zero-order chi connectivity index (χ0) is 8.77. The van der Waals surface area contributed by atoms with Crippen molar-refractivity contribution in [3.05, 3.63) is 23.8 Å². The lowest BCUT2D eigenvalue weighted by molar-refractivity contribution is 0.138. The van der Waals surface area contributed by atoms with E-state index in [0.717, 1.165) is 17.9 Å². The zero-order valence-corrected chi connectivity index (χ0v) is 7.42. The number of nitrogens with two attached hydrogens (primary N) is 1. The van der Waals surface area contributed by atoms with Gasteiger partial charge in [-0.25, -0.2) is 0 Å². The molecule has 0 aromatic heterocycles. The second kappa shape index (κ2) is 2.16. The van der Waals surface area contributed by atoms with Gasteiger partial charge in [-0.05, 0) is 32.0 Å². The second-order valence-corrected chi connectivity index (χ2v) is 3.91. The molecular weight excluding hydrogens is 150 g/mol. The first-order valence-corrected chi connectivity index (χ1v) is 4.14. The van der Waals surface area contributed by atoms with Gasteiger partial charge >= 0.3 is 0 Å². The van der Waals surface area contributed by atoms with Crippen molar-refractivity contribution < 1.29 is 4.74 Å². The lowest BCUT2D eigenvalue weighted by atomic mass is 10.0. The molecule has 1 heterocycles. The molecule has 0 fully saturated rings. The van der Waals surface area contributed by atoms with Crippen LogP contribution in [0.2, 0.25) is 0 Å². The molecule has 1 aromatic rings. The lowest BCUT2D eigenvalue weighted by Crippen LogP contribution is -2.24. The molecule has 2 rings (SSSR count). The Morgan fingerprint density at radius 2 is 2.17 bits per heavy atom. The molecule has 2 heteroatoms. The van der Waals surface area contributed by atoms with Crippen LogP contribution >= 0.6 is 0 Å². The van der Waals surface area contributed by atoms with Gasteiger partial charge in [-0.3, -0.25) is 0 Å². The molecule has 0 unspecified atom stereocenters. The summed E-state index contributed by atoms with van der Waals surface area (Å²) in [6.45, 7) is 4.17. The third-order valence-corrected chi connectivity index (χ3v) is 2.09. The number of rotatable bonds is 0. The van der Waals surface area contributed by atoms with Crippen LogP contribution in [-0.2, 0) is 6.42 Å². The highest BCUT2D eigenvalue weighted by molar-refractivity contribution is 5.50. The van der Waals surface area contributed by atoms with Crippen LogP contribution in [0.15, 0.2) is 18.2 Å². The largest absolute Gasteiger partial charge is 0.487 e. The van der Waals surface area contributed by atoms with Gasteiger partial charge in [0, 0.05) is 17.7 Å². The summed E-state index contributed by atoms with van der Waals surface area (Å²) in [5.74, 6) is 0.981. The number of ether oxygens (including phenoxy) is 1. The van der Waals surface area contributed by atoms with Crippen LogP contribution in [0, 0.1) is 0 Å². The summed E-state index contributed by atoms with van der Waals surface area (Å²) in [5, 5.41) is 0. The molecule has 12 heavy (non-hydrogen) atoms. The van der Waals surface area contributed by atoms with Crippen molar-refractivity contribution in [1.29, 1.82) is 0 Å². The van der Waals surface area contributed by atoms with E-state index >= 15 is 0 Å². The van der Waals surface area contributed by atoms with Crippen molar-refractivity contribution in [2.24, 2.45) is 0 Å². The maximum atomic E-state index is 5.69. The van der Waals surface area contributed by atoms with Crippen LogP contribution in [0.4, 0.5) is 5.69 Å². The molecule has 1 aromatic carbocycles. The molecule has 0 saturated heterocycles. The highest BCUT2D eigenvalue weighted by Crippen LogP contribution is 2.35. The number of hydrogen-bond donors (Lipinski definition) is 1. The summed E-state index contributed by atoms with van der Waals surface area (Å²) in [7, 11) is 0. The first kappa shape index (κ1) is 7.47. The average molecular weight is 163 g/mol. The van der Waals surface area contributed by atoms with Crippen LogP contribution in [-0.4, -0.2) is 5.60 Å². The number of hydrogen-bond acceptors (Lipinski definition) is 2. The Bertz CT molecular complexity index is 318. The summed E-state index contributed by atoms with van der Waals surface area (Å²) in [4.78, 5) is 0. The third kappa shape index (κ3) is 1.13. The molecule has 0 bridgehead atoms. The van der Waals surface area contributed by atoms with Crippen LogP contribution in [0.3, 0.4) is 0 Å². The molecule has 0 atom stereocenters. The summed E-state index contributed by atoms with van der Waals surface area (Å²) in [6, 6.07) is 5.81. The van der Waals surface area contributed by atoms with Crippen molar-refractivity contribution in [1.82, 2.24) is 0 Å². The Morgan fingerprint density at radius 1 is 1.42 bits per heavy atom. The number of fused-ring (bicyclic) bond motifs is 1. The van der Waals surface area contributed by atoms with Gasteiger partial charge in [0.2, 0.25) is 0 Å². The summed E-state index contributed by atoms with van der Waals surface area (Å²) in [5.41, 5.74) is 7.64. The van der Waals surface area contributed by atoms with E-state index in [1.54, 1.807) is 0 Å². The normalized spacial score (nSPS) is 18.5. The smallest absolute Gasteiger partial charge is 0.123 e. The van der Waals surface area contributed by atoms with E-state index in [2.05, 4.69) is 13.8 Å². The van der Waals surface area contributed by atoms with E-state index in [0.29, 0.717) is 0 Å². The predicted octanol–water partition coefficient (Wildman–Crippen LogP) is 1.98. The Hall–Kier alpha value is -1.18. The molecule has 0 aliphatic carbocycles. The van der Waals surface area contributed by atoms with Gasteiger partial charge in [0.05, 0.1) is 0 Å². The van der Waals surface area contributed by atoms with Gasteiger partial charge < -0.3 is 10.5 Å². The van der Waals surface area contributed by atoms with Crippen molar-refractivity contribution in [3.63, 3.8) is 0 Å². The minimum atomic E-state index is -0.0594. The number of anilines is 1. The molecule has 0 amide bonds. The van der Waals surface area contributed by atoms with Crippen LogP contribution < -0.4 is 10.5 Å². The fourth-order valence-corrected chi connectivity index (χ4v) is 1.63. The van der Waals surface area contributed by atoms with Gasteiger partial charge in [-0.1, -0.05) is 0 Å². The van der Waals surface area contributed by atoms with Gasteiger partial charge in [-0.2, -0.15) is 0 Å². The Balaban J connectivity index is 2.43. The number of nitrogen functional groups attached to an aromatic ring is 1. The van der Waals surface area contributed by atoms with Crippen molar-refractivity contribution in [3.8, 4) is 5.75 Å². The van der Waals surface area contributed by atoms with E-state index < -0.39 is 0 Å². The van der Waals surface area contributed by atoms with E-state index in [-0.39, 0.29) is 5.60 Å². The van der Waals surface area contributed by atoms with Gasteiger partial charge in [0.15, 0.2) is 0 Å². The molecule has 2 N–H and O–H groups in total. The van der Waals surface area contributed by atoms with Crippen molar-refractivity contribution >= 4 is 5.69 Å². The van der Waals surface area contributed by atoms with E-state index in [1.165, 1.54) is 5.56 Å². The maximum absolute atomic E-state index is 5.69. The summed E-state index contributed by atoms with van der Waals surface area (Å²) >= 11 is 0. The Kier molecular flexibility index (Phi) is 1.34. The fraction of sp³-hybridized carbons (Fsp3) is 0.400. The quantitative estimate of drug-likeness (QED) is 0.593. The van der Waals surface area contributed by atoms with Crippen molar-refractivity contribution in [2.45, 2.75) is 25.9 Å². The molecule has 1 aliphatic rings. The highest BCUT2D eigenvalue weighted by Gasteiger charge is 2.29. The predicted molar refractivity (Wildman–Crippen MR) is 49.3 cm³/mol. The first-order valence-electron chi connectivity index (χ1n) is 4.14. The highest BCUT2D eigenvalue weighted by atomic mass is 16.5. The molecule has 2 nitrogen and oxygen atoms in total. The Labute approximate surface area is 72.3 Å². The minimum Gasteiger partial charge on any atom is -0.487 e. The van der Waals surface area contributed by atoms with Gasteiger partial charge in [0.1, 0.15) is 11.4 Å². The van der Waals surface area contributed by atoms with Crippen LogP contribution in [0.1, 0.15) is 19.4 Å². The summed E-state index contributed by atoms with van der Waals surface area (Å²) < 4.78 is 5.69. The average Bonchev–Trinajstić information content (AvgIpc) is 2.21. The topological polar surface area (TPSA) is 35.2 Å². The monoisotopic (exact) mass is 163 g/mol. The van der Waals surface area contributed by atoms with Gasteiger partial charge in [-0.15, -0.1) is 0 Å². The van der Waals surface area contributed by atoms with Crippen molar-refractivity contribution in [2.75, 3.05) is 5.73 Å². The maximum Gasteiger partial charge on any atom is 0.123 e. The zero-order valence-electron chi connectivity index (χ0n) is 7.42. The Morgan fingerprint density at radius 3 is 2.92 bits per heavy atom. The SMILES string of the molecule is CC1(C)Cc2cc(N)ccc2O1. The molecule has 0 radical (unpaired) electrons. The van der Waals surface area contributed by atoms with Crippen LogP contribution in [0.5, 0.6) is 5.75 Å². The third-order valence-electron chi connectivity index (χ3n) is 2.09. The standard InChI is InChI=1S/C10H13NO/c1-10(2)6-7-5-8(11)3-4-9(7)12-10/h3-5H,6,11H2,1-2H3. The lowest BCUT2D eigenvalue weighted by Gasteiger charge is -2.16.